The Labute approximate surface area is 156 Å². The molecule has 1 fully saturated rings. The van der Waals surface area contributed by atoms with Crippen molar-refractivity contribution in [1.29, 1.82) is 0 Å². The molecule has 0 aliphatic carbocycles. The van der Waals surface area contributed by atoms with Gasteiger partial charge in [0, 0.05) is 31.7 Å². The number of rotatable bonds is 3. The molecule has 2 aromatic carbocycles. The quantitative estimate of drug-likeness (QED) is 0.824. The minimum atomic E-state index is -0.424. The van der Waals surface area contributed by atoms with Crippen LogP contribution in [0.15, 0.2) is 42.5 Å². The number of ketones is 1. The van der Waals surface area contributed by atoms with Gasteiger partial charge in [0.1, 0.15) is 5.82 Å². The van der Waals surface area contributed by atoms with Crippen molar-refractivity contribution in [1.82, 2.24) is 4.90 Å². The molecule has 136 valence electrons. The van der Waals surface area contributed by atoms with Crippen LogP contribution < -0.4 is 10.2 Å². The molecule has 0 saturated carbocycles. The lowest BCUT2D eigenvalue weighted by Gasteiger charge is -2.36. The molecule has 1 heterocycles. The van der Waals surface area contributed by atoms with E-state index in [0.29, 0.717) is 48.1 Å². The van der Waals surface area contributed by atoms with Crippen LogP contribution in [-0.4, -0.2) is 42.9 Å². The van der Waals surface area contributed by atoms with Crippen molar-refractivity contribution in [3.05, 3.63) is 58.9 Å². The largest absolute Gasteiger partial charge is 0.366 e. The van der Waals surface area contributed by atoms with Gasteiger partial charge in [0.25, 0.3) is 0 Å². The molecule has 5 nitrogen and oxygen atoms in total. The highest BCUT2D eigenvalue weighted by Gasteiger charge is 2.23. The van der Waals surface area contributed by atoms with E-state index in [1.807, 2.05) is 4.90 Å². The summed E-state index contributed by atoms with van der Waals surface area (Å²) in [4.78, 5) is 27.3. The molecule has 1 aliphatic heterocycles. The average molecular weight is 376 g/mol. The van der Waals surface area contributed by atoms with Crippen LogP contribution >= 0.6 is 11.6 Å². The minimum Gasteiger partial charge on any atom is -0.366 e. The first-order chi connectivity index (χ1) is 12.5. The summed E-state index contributed by atoms with van der Waals surface area (Å²) in [5.74, 6) is -0.594. The molecule has 0 spiro atoms. The molecule has 1 saturated heterocycles. The second kappa shape index (κ2) is 7.74. The molecule has 0 unspecified atom stereocenters. The summed E-state index contributed by atoms with van der Waals surface area (Å²) >= 11 is 6.06. The number of carbonyl (C=O) groups is 2. The van der Waals surface area contributed by atoms with Crippen molar-refractivity contribution in [2.45, 2.75) is 6.92 Å². The Morgan fingerprint density at radius 1 is 1.08 bits per heavy atom. The number of nitrogens with zero attached hydrogens (tertiary/aromatic N) is 2. The van der Waals surface area contributed by atoms with E-state index in [1.165, 1.54) is 13.0 Å². The van der Waals surface area contributed by atoms with Crippen molar-refractivity contribution in [3.8, 4) is 0 Å². The Morgan fingerprint density at radius 3 is 2.38 bits per heavy atom. The number of nitrogens with one attached hydrogen (secondary N) is 1. The van der Waals surface area contributed by atoms with Gasteiger partial charge < -0.3 is 15.1 Å². The second-order valence-corrected chi connectivity index (χ2v) is 6.51. The molecule has 0 radical (unpaired) electrons. The van der Waals surface area contributed by atoms with Crippen LogP contribution in [0.4, 0.5) is 20.6 Å². The van der Waals surface area contributed by atoms with Crippen LogP contribution in [0.2, 0.25) is 5.02 Å². The number of amides is 2. The van der Waals surface area contributed by atoms with Gasteiger partial charge in [-0.25, -0.2) is 9.18 Å². The highest BCUT2D eigenvalue weighted by atomic mass is 35.5. The molecule has 0 bridgehead atoms. The predicted molar refractivity (Wildman–Crippen MR) is 101 cm³/mol. The zero-order chi connectivity index (χ0) is 18.7. The van der Waals surface area contributed by atoms with E-state index in [9.17, 15) is 14.0 Å². The molecule has 1 N–H and O–H groups in total. The molecular formula is C19H19ClFN3O2. The highest BCUT2D eigenvalue weighted by molar-refractivity contribution is 6.33. The molecule has 1 aliphatic rings. The fourth-order valence-electron chi connectivity index (χ4n) is 2.89. The van der Waals surface area contributed by atoms with Crippen LogP contribution in [0.5, 0.6) is 0 Å². The molecule has 2 amide bonds. The van der Waals surface area contributed by atoms with Gasteiger partial charge in [-0.1, -0.05) is 23.7 Å². The number of urea groups is 1. The predicted octanol–water partition coefficient (Wildman–Crippen LogP) is 4.04. The molecule has 0 aromatic heterocycles. The lowest BCUT2D eigenvalue weighted by molar-refractivity contribution is 0.101. The Hall–Kier alpha value is -2.60. The van der Waals surface area contributed by atoms with Crippen LogP contribution in [0, 0.1) is 5.82 Å². The third-order valence-electron chi connectivity index (χ3n) is 4.38. The number of piperazine rings is 1. The second-order valence-electron chi connectivity index (χ2n) is 6.11. The lowest BCUT2D eigenvalue weighted by atomic mass is 10.1. The molecular weight excluding hydrogens is 357 g/mol. The van der Waals surface area contributed by atoms with Gasteiger partial charge in [0.15, 0.2) is 5.78 Å². The molecule has 26 heavy (non-hydrogen) atoms. The SMILES string of the molecule is CC(=O)c1ccc(N2CCN(C(=O)Nc3ccccc3Cl)CC2)c(F)c1. The summed E-state index contributed by atoms with van der Waals surface area (Å²) in [5, 5.41) is 3.27. The number of benzene rings is 2. The third kappa shape index (κ3) is 3.96. The maximum absolute atomic E-state index is 14.3. The first-order valence-corrected chi connectivity index (χ1v) is 8.69. The van der Waals surface area contributed by atoms with Crippen molar-refractivity contribution >= 4 is 34.8 Å². The Bertz CT molecular complexity index is 835. The third-order valence-corrected chi connectivity index (χ3v) is 4.71. The van der Waals surface area contributed by atoms with E-state index in [0.717, 1.165) is 0 Å². The maximum atomic E-state index is 14.3. The number of para-hydroxylation sites is 1. The number of hydrogen-bond donors (Lipinski definition) is 1. The standard InChI is InChI=1S/C19H19ClFN3O2/c1-13(25)14-6-7-18(16(21)12-14)23-8-10-24(11-9-23)19(26)22-17-5-3-2-4-15(17)20/h2-7,12H,8-11H2,1H3,(H,22,26). The van der Waals surface area contributed by atoms with Gasteiger partial charge in [-0.2, -0.15) is 0 Å². The smallest absolute Gasteiger partial charge is 0.322 e. The summed E-state index contributed by atoms with van der Waals surface area (Å²) in [5.41, 5.74) is 1.36. The number of carbonyl (C=O) groups excluding carboxylic acids is 2. The highest BCUT2D eigenvalue weighted by Crippen LogP contribution is 2.24. The van der Waals surface area contributed by atoms with Crippen molar-refractivity contribution < 1.29 is 14.0 Å². The fraction of sp³-hybridized carbons (Fsp3) is 0.263. The van der Waals surface area contributed by atoms with E-state index >= 15 is 0 Å². The van der Waals surface area contributed by atoms with Gasteiger partial charge in [-0.3, -0.25) is 4.79 Å². The van der Waals surface area contributed by atoms with Gasteiger partial charge in [0.2, 0.25) is 0 Å². The Balaban J connectivity index is 1.61. The Morgan fingerprint density at radius 2 is 1.77 bits per heavy atom. The van der Waals surface area contributed by atoms with Crippen LogP contribution in [0.1, 0.15) is 17.3 Å². The van der Waals surface area contributed by atoms with Crippen molar-refractivity contribution in [2.24, 2.45) is 0 Å². The van der Waals surface area contributed by atoms with E-state index < -0.39 is 5.82 Å². The number of halogens is 2. The van der Waals surface area contributed by atoms with E-state index in [4.69, 9.17) is 11.6 Å². The molecule has 3 rings (SSSR count). The first kappa shape index (κ1) is 18.2. The topological polar surface area (TPSA) is 52.7 Å². The fourth-order valence-corrected chi connectivity index (χ4v) is 3.07. The monoisotopic (exact) mass is 375 g/mol. The molecule has 2 aromatic rings. The van der Waals surface area contributed by atoms with Crippen molar-refractivity contribution in [3.63, 3.8) is 0 Å². The van der Waals surface area contributed by atoms with Crippen LogP contribution in [0.25, 0.3) is 0 Å². The first-order valence-electron chi connectivity index (χ1n) is 8.31. The summed E-state index contributed by atoms with van der Waals surface area (Å²) < 4.78 is 14.3. The minimum absolute atomic E-state index is 0.170. The maximum Gasteiger partial charge on any atom is 0.322 e. The van der Waals surface area contributed by atoms with Crippen LogP contribution in [0.3, 0.4) is 0 Å². The number of Topliss-reactive ketones (excluding diaryl/α,β-unsaturated/α-hetero) is 1. The normalized spacial score (nSPS) is 14.3. The van der Waals surface area contributed by atoms with E-state index in [2.05, 4.69) is 5.32 Å². The van der Waals surface area contributed by atoms with Gasteiger partial charge in [-0.05, 0) is 37.3 Å². The summed E-state index contributed by atoms with van der Waals surface area (Å²) in [7, 11) is 0. The van der Waals surface area contributed by atoms with Gasteiger partial charge in [0.05, 0.1) is 16.4 Å². The Kier molecular flexibility index (Phi) is 5.42. The van der Waals surface area contributed by atoms with E-state index in [-0.39, 0.29) is 11.8 Å². The number of anilines is 2. The zero-order valence-corrected chi connectivity index (χ0v) is 15.1. The summed E-state index contributed by atoms with van der Waals surface area (Å²) in [6.07, 6.45) is 0. The zero-order valence-electron chi connectivity index (χ0n) is 14.3. The molecule has 7 heteroatoms. The summed E-state index contributed by atoms with van der Waals surface area (Å²) in [6.45, 7) is 3.34. The van der Waals surface area contributed by atoms with Crippen LogP contribution in [-0.2, 0) is 0 Å². The van der Waals surface area contributed by atoms with Crippen molar-refractivity contribution in [2.75, 3.05) is 36.4 Å². The molecule has 0 atom stereocenters. The van der Waals surface area contributed by atoms with E-state index in [1.54, 1.807) is 41.3 Å². The summed E-state index contributed by atoms with van der Waals surface area (Å²) in [6, 6.07) is 11.3. The lowest BCUT2D eigenvalue weighted by Crippen LogP contribution is -2.50. The number of hydrogen-bond acceptors (Lipinski definition) is 3. The average Bonchev–Trinajstić information content (AvgIpc) is 2.63. The van der Waals surface area contributed by atoms with Gasteiger partial charge in [-0.15, -0.1) is 0 Å². The van der Waals surface area contributed by atoms with Gasteiger partial charge >= 0.3 is 6.03 Å².